The molecule has 14 nitrogen and oxygen atoms in total. The van der Waals surface area contributed by atoms with Gasteiger partial charge in [-0.25, -0.2) is 9.97 Å². The molecule has 3 aromatic heterocycles. The Morgan fingerprint density at radius 1 is 0.814 bits per heavy atom. The summed E-state index contributed by atoms with van der Waals surface area (Å²) in [4.78, 5) is 20.7. The van der Waals surface area contributed by atoms with Gasteiger partial charge in [0, 0.05) is 6.20 Å². The van der Waals surface area contributed by atoms with E-state index in [1.807, 2.05) is 0 Å². The van der Waals surface area contributed by atoms with E-state index in [0.29, 0.717) is 5.75 Å². The maximum absolute atomic E-state index is 13.2. The zero-order valence-electron chi connectivity index (χ0n) is 23.9. The predicted molar refractivity (Wildman–Crippen MR) is 154 cm³/mol. The molecule has 0 atom stereocenters. The van der Waals surface area contributed by atoms with Gasteiger partial charge >= 0.3 is 6.01 Å². The summed E-state index contributed by atoms with van der Waals surface area (Å²) in [6, 6.07) is 11.3. The van der Waals surface area contributed by atoms with E-state index in [1.165, 1.54) is 39.7 Å². The van der Waals surface area contributed by atoms with Crippen LogP contribution in [0.1, 0.15) is 11.4 Å². The Balaban J connectivity index is 1.58. The standard InChI is InChI=1S/C28H28N6O8S/c1-18-12-13-24(29-17-18)43(35,36)34-26-25(42-21-11-7-6-10-20(21)37-3)27(31-19(2)30-26)40-14-8-9-15-41-28-32-22(38-4)16-23(33-28)39-5/h6-7,10-13,16-17H,14-15H2,1-5H3,(H,30,31,34). The molecule has 4 aromatic rings. The second-order valence-electron chi connectivity index (χ2n) is 8.45. The van der Waals surface area contributed by atoms with Crippen LogP contribution in [0, 0.1) is 25.7 Å². The van der Waals surface area contributed by atoms with Crippen LogP contribution in [0.2, 0.25) is 0 Å². The average molecular weight is 609 g/mol. The summed E-state index contributed by atoms with van der Waals surface area (Å²) in [5, 5.41) is -0.205. The first kappa shape index (κ1) is 30.6. The normalized spacial score (nSPS) is 10.6. The van der Waals surface area contributed by atoms with E-state index in [2.05, 4.69) is 41.5 Å². The molecule has 0 radical (unpaired) electrons. The van der Waals surface area contributed by atoms with Crippen molar-refractivity contribution < 1.29 is 36.8 Å². The molecular formula is C28H28N6O8S. The highest BCUT2D eigenvalue weighted by atomic mass is 32.2. The molecule has 1 aromatic carbocycles. The molecule has 0 unspecified atom stereocenters. The summed E-state index contributed by atoms with van der Waals surface area (Å²) in [5.41, 5.74) is 0.801. The van der Waals surface area contributed by atoms with Crippen molar-refractivity contribution >= 4 is 15.8 Å². The van der Waals surface area contributed by atoms with E-state index in [4.69, 9.17) is 28.4 Å². The number of para-hydroxylation sites is 2. The van der Waals surface area contributed by atoms with E-state index in [1.54, 1.807) is 44.2 Å². The van der Waals surface area contributed by atoms with Crippen LogP contribution in [0.5, 0.6) is 40.9 Å². The number of methoxy groups -OCH3 is 3. The highest BCUT2D eigenvalue weighted by molar-refractivity contribution is 7.92. The van der Waals surface area contributed by atoms with Crippen molar-refractivity contribution in [1.82, 2.24) is 24.9 Å². The highest BCUT2D eigenvalue weighted by Crippen LogP contribution is 2.40. The summed E-state index contributed by atoms with van der Waals surface area (Å²) in [6.07, 6.45) is 1.44. The van der Waals surface area contributed by atoms with Gasteiger partial charge in [0.1, 0.15) is 5.82 Å². The molecule has 43 heavy (non-hydrogen) atoms. The zero-order chi connectivity index (χ0) is 30.8. The third kappa shape index (κ3) is 8.11. The lowest BCUT2D eigenvalue weighted by Gasteiger charge is -2.17. The second-order valence-corrected chi connectivity index (χ2v) is 10.1. The van der Waals surface area contributed by atoms with Gasteiger partial charge in [0.25, 0.3) is 15.9 Å². The molecular weight excluding hydrogens is 580 g/mol. The molecule has 4 rings (SSSR count). The number of rotatable bonds is 12. The zero-order valence-corrected chi connectivity index (χ0v) is 24.8. The number of ether oxygens (including phenoxy) is 6. The Labute approximate surface area is 248 Å². The number of aromatic nitrogens is 5. The SMILES string of the molecule is COc1cc(OC)nc(OCC#CCOc2nc(C)nc(NS(=O)(=O)c3ccc(C)cn3)c2Oc2ccccc2OC)n1. The summed E-state index contributed by atoms with van der Waals surface area (Å²) in [6.45, 7) is 3.15. The van der Waals surface area contributed by atoms with E-state index < -0.39 is 10.0 Å². The summed E-state index contributed by atoms with van der Waals surface area (Å²) < 4.78 is 61.7. The van der Waals surface area contributed by atoms with Crippen molar-refractivity contribution in [2.75, 3.05) is 39.3 Å². The van der Waals surface area contributed by atoms with E-state index >= 15 is 0 Å². The van der Waals surface area contributed by atoms with Crippen LogP contribution < -0.4 is 33.1 Å². The Hall–Kier alpha value is -5.36. The molecule has 0 amide bonds. The van der Waals surface area contributed by atoms with Crippen molar-refractivity contribution in [1.29, 1.82) is 0 Å². The minimum absolute atomic E-state index is 0.0188. The van der Waals surface area contributed by atoms with Crippen LogP contribution >= 0.6 is 0 Å². The molecule has 0 bridgehead atoms. The number of benzene rings is 1. The first-order valence-corrected chi connectivity index (χ1v) is 14.0. The van der Waals surface area contributed by atoms with Crippen LogP contribution in [-0.2, 0) is 10.0 Å². The topological polar surface area (TPSA) is 166 Å². The maximum Gasteiger partial charge on any atom is 0.324 e. The largest absolute Gasteiger partial charge is 0.493 e. The van der Waals surface area contributed by atoms with E-state index in [0.717, 1.165) is 5.56 Å². The average Bonchev–Trinajstić information content (AvgIpc) is 3.00. The van der Waals surface area contributed by atoms with Gasteiger partial charge in [-0.2, -0.15) is 23.4 Å². The Kier molecular flexibility index (Phi) is 9.97. The summed E-state index contributed by atoms with van der Waals surface area (Å²) in [7, 11) is 0.234. The number of nitrogens with one attached hydrogen (secondary N) is 1. The first-order valence-electron chi connectivity index (χ1n) is 12.6. The fourth-order valence-corrected chi connectivity index (χ4v) is 4.30. The quantitative estimate of drug-likeness (QED) is 0.233. The second kappa shape index (κ2) is 14.0. The van der Waals surface area contributed by atoms with Crippen molar-refractivity contribution in [3.05, 3.63) is 60.0 Å². The van der Waals surface area contributed by atoms with Gasteiger partial charge in [-0.15, -0.1) is 0 Å². The van der Waals surface area contributed by atoms with Gasteiger partial charge in [0.2, 0.25) is 17.5 Å². The van der Waals surface area contributed by atoms with Gasteiger partial charge in [0.15, 0.2) is 35.6 Å². The Bertz CT molecular complexity index is 1720. The number of nitrogens with zero attached hydrogens (tertiary/aromatic N) is 5. The lowest BCUT2D eigenvalue weighted by atomic mass is 10.3. The molecule has 0 saturated carbocycles. The first-order chi connectivity index (χ1) is 20.7. The lowest BCUT2D eigenvalue weighted by Crippen LogP contribution is -2.17. The van der Waals surface area contributed by atoms with Crippen LogP contribution in [0.4, 0.5) is 5.82 Å². The minimum atomic E-state index is -4.16. The van der Waals surface area contributed by atoms with Crippen molar-refractivity contribution in [3.8, 4) is 52.7 Å². The van der Waals surface area contributed by atoms with E-state index in [9.17, 15) is 8.42 Å². The van der Waals surface area contributed by atoms with E-state index in [-0.39, 0.29) is 65.0 Å². The molecule has 224 valence electrons. The Morgan fingerprint density at radius 3 is 2.12 bits per heavy atom. The van der Waals surface area contributed by atoms with Gasteiger partial charge < -0.3 is 28.4 Å². The maximum atomic E-state index is 13.2. The van der Waals surface area contributed by atoms with Crippen LogP contribution in [0.25, 0.3) is 0 Å². The highest BCUT2D eigenvalue weighted by Gasteiger charge is 2.24. The van der Waals surface area contributed by atoms with Crippen molar-refractivity contribution in [2.45, 2.75) is 18.9 Å². The number of pyridine rings is 1. The lowest BCUT2D eigenvalue weighted by molar-refractivity contribution is 0.307. The molecule has 0 aliphatic rings. The molecule has 0 spiro atoms. The van der Waals surface area contributed by atoms with Crippen molar-refractivity contribution in [3.63, 3.8) is 0 Å². The van der Waals surface area contributed by atoms with Crippen LogP contribution in [-0.4, -0.2) is 67.9 Å². The number of aryl methyl sites for hydroxylation is 2. The van der Waals surface area contributed by atoms with Gasteiger partial charge in [0.05, 0.1) is 27.4 Å². The molecule has 3 heterocycles. The minimum Gasteiger partial charge on any atom is -0.493 e. The fraction of sp³-hybridized carbons (Fsp3) is 0.250. The van der Waals surface area contributed by atoms with Crippen LogP contribution in [0.3, 0.4) is 0 Å². The number of sulfonamides is 1. The predicted octanol–water partition coefficient (Wildman–Crippen LogP) is 3.36. The molecule has 0 aliphatic heterocycles. The third-order valence-electron chi connectivity index (χ3n) is 5.37. The molecule has 0 aliphatic carbocycles. The molecule has 0 saturated heterocycles. The monoisotopic (exact) mass is 608 g/mol. The smallest absolute Gasteiger partial charge is 0.324 e. The fourth-order valence-electron chi connectivity index (χ4n) is 3.37. The summed E-state index contributed by atoms with van der Waals surface area (Å²) in [5.74, 6) is 6.61. The Morgan fingerprint density at radius 2 is 1.49 bits per heavy atom. The number of hydrogen-bond donors (Lipinski definition) is 1. The van der Waals surface area contributed by atoms with Gasteiger partial charge in [-0.3, -0.25) is 4.72 Å². The number of anilines is 1. The van der Waals surface area contributed by atoms with Gasteiger partial charge in [-0.05, 0) is 37.6 Å². The van der Waals surface area contributed by atoms with Crippen LogP contribution in [0.15, 0.2) is 53.7 Å². The van der Waals surface area contributed by atoms with Crippen molar-refractivity contribution in [2.24, 2.45) is 0 Å². The number of hydrogen-bond acceptors (Lipinski definition) is 13. The molecule has 0 fully saturated rings. The third-order valence-corrected chi connectivity index (χ3v) is 6.63. The molecule has 1 N–H and O–H groups in total. The summed E-state index contributed by atoms with van der Waals surface area (Å²) >= 11 is 0. The molecule has 15 heteroatoms. The van der Waals surface area contributed by atoms with Gasteiger partial charge in [-0.1, -0.05) is 30.0 Å².